The molecule has 0 aliphatic rings. The lowest BCUT2D eigenvalue weighted by Gasteiger charge is -2.01. The third kappa shape index (κ3) is 4.29. The van der Waals surface area contributed by atoms with Crippen LogP contribution in [0.1, 0.15) is 15.3 Å². The molecule has 1 aromatic carbocycles. The maximum Gasteiger partial charge on any atom is 0.233 e. The van der Waals surface area contributed by atoms with E-state index in [-0.39, 0.29) is 5.88 Å². The van der Waals surface area contributed by atoms with Crippen LogP contribution in [-0.4, -0.2) is 10.1 Å². The summed E-state index contributed by atoms with van der Waals surface area (Å²) in [4.78, 5) is 5.87. The number of nitrogens with zero attached hydrogens (tertiary/aromatic N) is 3. The Hall–Kier alpha value is -1.47. The molecule has 0 aliphatic carbocycles. The zero-order valence-electron chi connectivity index (χ0n) is 11.7. The maximum atomic E-state index is 9.94. The molecule has 0 saturated heterocycles. The topological polar surface area (TPSA) is 57.8 Å². The van der Waals surface area contributed by atoms with Crippen LogP contribution in [0.25, 0.3) is 0 Å². The van der Waals surface area contributed by atoms with Crippen LogP contribution in [0.5, 0.6) is 5.88 Å². The maximum absolute atomic E-state index is 9.94. The first kappa shape index (κ1) is 16.4. The van der Waals surface area contributed by atoms with Crippen molar-refractivity contribution in [3.05, 3.63) is 61.1 Å². The molecule has 0 atom stereocenters. The van der Waals surface area contributed by atoms with Crippen molar-refractivity contribution in [1.82, 2.24) is 4.98 Å². The number of halogens is 2. The van der Waals surface area contributed by atoms with Crippen molar-refractivity contribution in [1.29, 1.82) is 0 Å². The largest absolute Gasteiger partial charge is 0.492 e. The number of azo groups is 1. The summed E-state index contributed by atoms with van der Waals surface area (Å²) in [6, 6.07) is 9.35. The highest BCUT2D eigenvalue weighted by Gasteiger charge is 2.11. The Morgan fingerprint density at radius 3 is 2.78 bits per heavy atom. The van der Waals surface area contributed by atoms with Crippen molar-refractivity contribution >= 4 is 51.0 Å². The summed E-state index contributed by atoms with van der Waals surface area (Å²) in [6.07, 6.45) is 0.515. The molecule has 8 heteroatoms. The Morgan fingerprint density at radius 2 is 2.04 bits per heavy atom. The molecule has 0 amide bonds. The van der Waals surface area contributed by atoms with Crippen LogP contribution in [0.15, 0.2) is 45.9 Å². The molecule has 0 bridgehead atoms. The van der Waals surface area contributed by atoms with E-state index in [4.69, 9.17) is 23.2 Å². The van der Waals surface area contributed by atoms with E-state index in [2.05, 4.69) is 15.2 Å². The Kier molecular flexibility index (Phi) is 5.27. The van der Waals surface area contributed by atoms with Gasteiger partial charge in [-0.25, -0.2) is 0 Å². The molecular formula is C15H11Cl2N3OS2. The van der Waals surface area contributed by atoms with Crippen molar-refractivity contribution in [2.24, 2.45) is 10.2 Å². The Morgan fingerprint density at radius 1 is 1.17 bits per heavy atom. The van der Waals surface area contributed by atoms with Gasteiger partial charge in [0.2, 0.25) is 11.0 Å². The molecule has 2 heterocycles. The monoisotopic (exact) mass is 383 g/mol. The second-order valence-corrected chi connectivity index (χ2v) is 7.56. The molecule has 0 aliphatic heterocycles. The average molecular weight is 384 g/mol. The van der Waals surface area contributed by atoms with E-state index in [1.54, 1.807) is 23.5 Å². The van der Waals surface area contributed by atoms with E-state index in [0.29, 0.717) is 33.0 Å². The molecule has 118 valence electrons. The van der Waals surface area contributed by atoms with Crippen LogP contribution in [0.2, 0.25) is 10.0 Å². The van der Waals surface area contributed by atoms with E-state index < -0.39 is 0 Å². The average Bonchev–Trinajstić information content (AvgIpc) is 3.14. The minimum atomic E-state index is -0.0221. The van der Waals surface area contributed by atoms with Crippen LogP contribution in [-0.2, 0) is 13.0 Å². The van der Waals surface area contributed by atoms with Gasteiger partial charge in [-0.15, -0.1) is 16.5 Å². The van der Waals surface area contributed by atoms with E-state index in [1.165, 1.54) is 11.3 Å². The number of benzene rings is 1. The molecule has 0 unspecified atom stereocenters. The summed E-state index contributed by atoms with van der Waals surface area (Å²) >= 11 is 14.8. The number of thiazole rings is 1. The molecule has 1 N–H and O–H groups in total. The van der Waals surface area contributed by atoms with Gasteiger partial charge in [-0.05, 0) is 29.1 Å². The van der Waals surface area contributed by atoms with Crippen LogP contribution in [0.4, 0.5) is 5.13 Å². The van der Waals surface area contributed by atoms with Gasteiger partial charge in [-0.2, -0.15) is 10.1 Å². The molecule has 0 fully saturated rings. The zero-order valence-corrected chi connectivity index (χ0v) is 14.9. The minimum Gasteiger partial charge on any atom is -0.492 e. The summed E-state index contributed by atoms with van der Waals surface area (Å²) in [6.45, 7) is 0.514. The fraction of sp³-hybridized carbons (Fsp3) is 0.133. The minimum absolute atomic E-state index is 0.0221. The molecule has 3 aromatic rings. The van der Waals surface area contributed by atoms with E-state index in [0.717, 1.165) is 10.4 Å². The highest BCUT2D eigenvalue weighted by molar-refractivity contribution is 7.15. The third-order valence-electron chi connectivity index (χ3n) is 2.98. The standard InChI is InChI=1S/C15H11Cl2N3OS2/c16-11-4-3-9(6-12(11)17)7-13-14(21)19-15(23-13)20-18-8-10-2-1-5-22-10/h1-6,21H,7-8H2. The van der Waals surface area contributed by atoms with Crippen molar-refractivity contribution in [3.63, 3.8) is 0 Å². The summed E-state index contributed by atoms with van der Waals surface area (Å²) in [5.74, 6) is -0.0221. The molecule has 2 aromatic heterocycles. The van der Waals surface area contributed by atoms with Gasteiger partial charge in [0.05, 0.1) is 21.5 Å². The predicted molar refractivity (Wildman–Crippen MR) is 95.6 cm³/mol. The number of thiophene rings is 1. The number of aromatic nitrogens is 1. The first-order valence-electron chi connectivity index (χ1n) is 6.64. The molecule has 23 heavy (non-hydrogen) atoms. The van der Waals surface area contributed by atoms with Gasteiger partial charge >= 0.3 is 0 Å². The SMILES string of the molecule is Oc1nc(N=NCc2cccs2)sc1Cc1ccc(Cl)c(Cl)c1. The Labute approximate surface area is 151 Å². The van der Waals surface area contributed by atoms with Crippen molar-refractivity contribution < 1.29 is 5.11 Å². The molecule has 0 spiro atoms. The number of rotatable bonds is 5. The summed E-state index contributed by atoms with van der Waals surface area (Å²) in [5.41, 5.74) is 0.945. The normalized spacial score (nSPS) is 11.4. The molecule has 4 nitrogen and oxygen atoms in total. The highest BCUT2D eigenvalue weighted by Crippen LogP contribution is 2.33. The lowest BCUT2D eigenvalue weighted by atomic mass is 10.1. The predicted octanol–water partition coefficient (Wildman–Crippen LogP) is 6.09. The van der Waals surface area contributed by atoms with Gasteiger partial charge in [0.25, 0.3) is 0 Å². The fourth-order valence-electron chi connectivity index (χ4n) is 1.89. The van der Waals surface area contributed by atoms with E-state index >= 15 is 0 Å². The lowest BCUT2D eigenvalue weighted by molar-refractivity contribution is 0.452. The smallest absolute Gasteiger partial charge is 0.233 e. The van der Waals surface area contributed by atoms with Crippen molar-refractivity contribution in [2.75, 3.05) is 0 Å². The molecule has 0 saturated carbocycles. The van der Waals surface area contributed by atoms with Gasteiger partial charge in [-0.3, -0.25) is 0 Å². The van der Waals surface area contributed by atoms with Gasteiger partial charge in [0.15, 0.2) is 0 Å². The zero-order chi connectivity index (χ0) is 16.2. The van der Waals surface area contributed by atoms with Gasteiger partial charge in [0, 0.05) is 11.3 Å². The quantitative estimate of drug-likeness (QED) is 0.541. The van der Waals surface area contributed by atoms with E-state index in [1.807, 2.05) is 23.6 Å². The van der Waals surface area contributed by atoms with Crippen molar-refractivity contribution in [2.45, 2.75) is 13.0 Å². The Bertz CT molecular complexity index is 831. The third-order valence-corrected chi connectivity index (χ3v) is 5.51. The van der Waals surface area contributed by atoms with Gasteiger partial charge in [-0.1, -0.05) is 46.7 Å². The van der Waals surface area contributed by atoms with Crippen LogP contribution >= 0.6 is 45.9 Å². The molecular weight excluding hydrogens is 373 g/mol. The highest BCUT2D eigenvalue weighted by atomic mass is 35.5. The van der Waals surface area contributed by atoms with Gasteiger partial charge in [0.1, 0.15) is 0 Å². The number of hydrogen-bond acceptors (Lipinski definition) is 6. The molecule has 3 rings (SSSR count). The Balaban J connectivity index is 1.70. The first-order chi connectivity index (χ1) is 11.1. The number of aromatic hydroxyl groups is 1. The van der Waals surface area contributed by atoms with Crippen molar-refractivity contribution in [3.8, 4) is 5.88 Å². The summed E-state index contributed by atoms with van der Waals surface area (Å²) < 4.78 is 0. The summed E-state index contributed by atoms with van der Waals surface area (Å²) in [7, 11) is 0. The van der Waals surface area contributed by atoms with Crippen LogP contribution < -0.4 is 0 Å². The second kappa shape index (κ2) is 7.40. The second-order valence-electron chi connectivity index (χ2n) is 4.65. The lowest BCUT2D eigenvalue weighted by Crippen LogP contribution is -1.85. The fourth-order valence-corrected chi connectivity index (χ4v) is 3.66. The first-order valence-corrected chi connectivity index (χ1v) is 9.09. The van der Waals surface area contributed by atoms with Crippen LogP contribution in [0.3, 0.4) is 0 Å². The van der Waals surface area contributed by atoms with Crippen LogP contribution in [0, 0.1) is 0 Å². The summed E-state index contributed by atoms with van der Waals surface area (Å²) in [5, 5.41) is 21.5. The number of hydrogen-bond donors (Lipinski definition) is 1. The molecule has 0 radical (unpaired) electrons. The van der Waals surface area contributed by atoms with Gasteiger partial charge < -0.3 is 5.11 Å². The van der Waals surface area contributed by atoms with E-state index in [9.17, 15) is 5.11 Å².